The van der Waals surface area contributed by atoms with E-state index in [1.165, 1.54) is 30.5 Å². The Hall–Kier alpha value is -4.44. The van der Waals surface area contributed by atoms with Gasteiger partial charge in [-0.3, -0.25) is 4.79 Å². The van der Waals surface area contributed by atoms with Gasteiger partial charge in [0.15, 0.2) is 5.82 Å². The van der Waals surface area contributed by atoms with Crippen molar-refractivity contribution in [1.29, 1.82) is 0 Å². The number of carbonyl (C=O) groups is 1. The molecule has 0 saturated heterocycles. The zero-order valence-corrected chi connectivity index (χ0v) is 20.9. The van der Waals surface area contributed by atoms with E-state index in [9.17, 15) is 13.6 Å². The maximum Gasteiger partial charge on any atom is 0.201 e. The maximum absolute atomic E-state index is 15.4. The Kier molecular flexibility index (Phi) is 6.97. The van der Waals surface area contributed by atoms with Gasteiger partial charge in [0.1, 0.15) is 17.3 Å². The van der Waals surface area contributed by atoms with Gasteiger partial charge in [0, 0.05) is 40.3 Å². The average Bonchev–Trinajstić information content (AvgIpc) is 3.33. The number of nitrogens with one attached hydrogen (secondary N) is 3. The van der Waals surface area contributed by atoms with Gasteiger partial charge >= 0.3 is 0 Å². The molecule has 0 bridgehead atoms. The average molecular weight is 534 g/mol. The first-order valence-corrected chi connectivity index (χ1v) is 12.5. The lowest BCUT2D eigenvalue weighted by Crippen LogP contribution is -2.09. The predicted octanol–water partition coefficient (Wildman–Crippen LogP) is 7.01. The Labute approximate surface area is 220 Å². The quantitative estimate of drug-likeness (QED) is 0.0974. The minimum absolute atomic E-state index is 0.0736. The number of rotatable bonds is 8. The van der Waals surface area contributed by atoms with Gasteiger partial charge in [0.25, 0.3) is 0 Å². The van der Waals surface area contributed by atoms with Crippen molar-refractivity contribution in [3.05, 3.63) is 102 Å². The van der Waals surface area contributed by atoms with Crippen LogP contribution in [0.2, 0.25) is 0 Å². The van der Waals surface area contributed by atoms with Crippen molar-refractivity contribution < 1.29 is 18.0 Å². The van der Waals surface area contributed by atoms with Crippen LogP contribution >= 0.6 is 11.9 Å². The summed E-state index contributed by atoms with van der Waals surface area (Å²) in [5, 5.41) is 3.61. The third-order valence-electron chi connectivity index (χ3n) is 5.92. The number of anilines is 3. The third-order valence-corrected chi connectivity index (χ3v) is 6.73. The van der Waals surface area contributed by atoms with E-state index >= 15 is 4.39 Å². The van der Waals surface area contributed by atoms with E-state index in [4.69, 9.17) is 5.73 Å². The summed E-state index contributed by atoms with van der Waals surface area (Å²) in [6.07, 6.45) is 3.03. The Morgan fingerprint density at radius 1 is 1.03 bits per heavy atom. The van der Waals surface area contributed by atoms with Gasteiger partial charge in [-0.2, -0.15) is 0 Å². The SMILES string of the molecule is CCNc1cc(-c2cnc3[nH]cc(C(=O)c4c(F)ccc(NSc5cccc(F)c5)c4F)c3c2)ccc1N. The molecule has 0 radical (unpaired) electrons. The molecule has 0 aliphatic heterocycles. The molecule has 0 amide bonds. The fourth-order valence-electron chi connectivity index (χ4n) is 4.05. The van der Waals surface area contributed by atoms with Gasteiger partial charge in [-0.15, -0.1) is 0 Å². The Morgan fingerprint density at radius 3 is 2.66 bits per heavy atom. The number of H-pyrrole nitrogens is 1. The highest BCUT2D eigenvalue weighted by atomic mass is 32.2. The highest BCUT2D eigenvalue weighted by Gasteiger charge is 2.25. The van der Waals surface area contributed by atoms with Crippen molar-refractivity contribution in [1.82, 2.24) is 9.97 Å². The number of nitrogens with two attached hydrogens (primary N) is 1. The molecule has 0 aliphatic rings. The number of carbonyl (C=O) groups excluding carboxylic acids is 1. The molecule has 2 aromatic heterocycles. The van der Waals surface area contributed by atoms with E-state index < -0.39 is 28.8 Å². The molecule has 38 heavy (non-hydrogen) atoms. The molecule has 0 unspecified atom stereocenters. The van der Waals surface area contributed by atoms with Crippen molar-refractivity contribution in [2.45, 2.75) is 11.8 Å². The number of nitrogens with zero attached hydrogens (tertiary/aromatic N) is 1. The van der Waals surface area contributed by atoms with Crippen molar-refractivity contribution in [3.63, 3.8) is 0 Å². The van der Waals surface area contributed by atoms with Gasteiger partial charge in [-0.05, 0) is 73.0 Å². The summed E-state index contributed by atoms with van der Waals surface area (Å²) in [5.41, 5.74) is 8.56. The van der Waals surface area contributed by atoms with E-state index in [0.717, 1.165) is 29.3 Å². The number of nitrogen functional groups attached to an aromatic ring is 1. The van der Waals surface area contributed by atoms with Crippen molar-refractivity contribution in [3.8, 4) is 11.1 Å². The zero-order chi connectivity index (χ0) is 26.8. The van der Waals surface area contributed by atoms with Crippen LogP contribution in [0, 0.1) is 17.5 Å². The largest absolute Gasteiger partial charge is 0.397 e. The summed E-state index contributed by atoms with van der Waals surface area (Å²) in [6, 6.07) is 15.1. The molecule has 5 N–H and O–H groups in total. The molecule has 192 valence electrons. The van der Waals surface area contributed by atoms with E-state index in [-0.39, 0.29) is 11.3 Å². The molecule has 3 aromatic carbocycles. The van der Waals surface area contributed by atoms with E-state index in [1.54, 1.807) is 24.4 Å². The Morgan fingerprint density at radius 2 is 1.87 bits per heavy atom. The van der Waals surface area contributed by atoms with Crippen LogP contribution < -0.4 is 15.8 Å². The van der Waals surface area contributed by atoms with Crippen LogP contribution in [-0.4, -0.2) is 22.3 Å². The first kappa shape index (κ1) is 25.2. The lowest BCUT2D eigenvalue weighted by Gasteiger charge is -2.11. The number of fused-ring (bicyclic) bond motifs is 1. The second-order valence-electron chi connectivity index (χ2n) is 8.43. The topological polar surface area (TPSA) is 95.8 Å². The van der Waals surface area contributed by atoms with Gasteiger partial charge in [0.05, 0.1) is 22.6 Å². The number of ketones is 1. The van der Waals surface area contributed by atoms with E-state index in [2.05, 4.69) is 20.0 Å². The molecule has 0 fully saturated rings. The number of hydrogen-bond acceptors (Lipinski definition) is 6. The van der Waals surface area contributed by atoms with Gasteiger partial charge in [-0.25, -0.2) is 18.2 Å². The molecule has 2 heterocycles. The predicted molar refractivity (Wildman–Crippen MR) is 146 cm³/mol. The molecule has 0 atom stereocenters. The number of hydrogen-bond donors (Lipinski definition) is 4. The number of benzene rings is 3. The normalized spacial score (nSPS) is 11.1. The summed E-state index contributed by atoms with van der Waals surface area (Å²) in [7, 11) is 0. The summed E-state index contributed by atoms with van der Waals surface area (Å²) in [4.78, 5) is 21.2. The first-order chi connectivity index (χ1) is 18.4. The number of pyridine rings is 1. The monoisotopic (exact) mass is 533 g/mol. The number of aromatic nitrogens is 2. The first-order valence-electron chi connectivity index (χ1n) is 11.7. The fraction of sp³-hybridized carbons (Fsp3) is 0.0714. The summed E-state index contributed by atoms with van der Waals surface area (Å²) in [6.45, 7) is 2.65. The highest BCUT2D eigenvalue weighted by molar-refractivity contribution is 8.00. The van der Waals surface area contributed by atoms with Crippen molar-refractivity contribution >= 4 is 45.8 Å². The van der Waals surface area contributed by atoms with Crippen LogP contribution in [0.3, 0.4) is 0 Å². The molecule has 0 saturated carbocycles. The van der Waals surface area contributed by atoms with Crippen molar-refractivity contribution in [2.75, 3.05) is 22.3 Å². The second kappa shape index (κ2) is 10.5. The lowest BCUT2D eigenvalue weighted by molar-refractivity contribution is 0.103. The summed E-state index contributed by atoms with van der Waals surface area (Å²) >= 11 is 0.939. The van der Waals surface area contributed by atoms with Gasteiger partial charge in [-0.1, -0.05) is 12.1 Å². The molecule has 0 spiro atoms. The van der Waals surface area contributed by atoms with Crippen LogP contribution in [0.5, 0.6) is 0 Å². The van der Waals surface area contributed by atoms with E-state index in [1.807, 2.05) is 19.1 Å². The molecule has 5 aromatic rings. The standard InChI is InChI=1S/C28H22F3N5OS/c1-2-33-24-11-15(6-8-22(24)32)16-10-19-20(14-35-28(19)34-13-16)27(37)25-21(30)7-9-23(26(25)31)36-38-18-5-3-4-17(29)12-18/h3-14,33,36H,2,32H2,1H3,(H,34,35). The molecule has 6 nitrogen and oxygen atoms in total. The molecule has 0 aliphatic carbocycles. The summed E-state index contributed by atoms with van der Waals surface area (Å²) in [5.74, 6) is -3.33. The second-order valence-corrected chi connectivity index (χ2v) is 9.31. The van der Waals surface area contributed by atoms with Crippen LogP contribution in [0.1, 0.15) is 22.8 Å². The molecular formula is C28H22F3N5OS. The van der Waals surface area contributed by atoms with Gasteiger partial charge < -0.3 is 20.8 Å². The number of halogens is 3. The Balaban J connectivity index is 1.49. The highest BCUT2D eigenvalue weighted by Crippen LogP contribution is 2.32. The Bertz CT molecular complexity index is 1670. The minimum Gasteiger partial charge on any atom is -0.397 e. The van der Waals surface area contributed by atoms with E-state index in [0.29, 0.717) is 33.7 Å². The van der Waals surface area contributed by atoms with Crippen molar-refractivity contribution in [2.24, 2.45) is 0 Å². The molecule has 5 rings (SSSR count). The fourth-order valence-corrected chi connectivity index (χ4v) is 4.75. The van der Waals surface area contributed by atoms with Crippen LogP contribution in [-0.2, 0) is 0 Å². The third kappa shape index (κ3) is 4.90. The zero-order valence-electron chi connectivity index (χ0n) is 20.1. The van der Waals surface area contributed by atoms with Crippen LogP contribution in [0.15, 0.2) is 78.0 Å². The van der Waals surface area contributed by atoms with Crippen LogP contribution in [0.25, 0.3) is 22.2 Å². The number of aromatic amines is 1. The summed E-state index contributed by atoms with van der Waals surface area (Å²) < 4.78 is 46.4. The maximum atomic E-state index is 15.4. The molecular weight excluding hydrogens is 511 g/mol. The minimum atomic E-state index is -1.05. The molecule has 10 heteroatoms. The van der Waals surface area contributed by atoms with Gasteiger partial charge in [0.2, 0.25) is 5.78 Å². The smallest absolute Gasteiger partial charge is 0.201 e. The lowest BCUT2D eigenvalue weighted by atomic mass is 9.99. The van der Waals surface area contributed by atoms with Crippen LogP contribution in [0.4, 0.5) is 30.2 Å².